The molecule has 0 N–H and O–H groups in total. The van der Waals surface area contributed by atoms with Gasteiger partial charge in [0.25, 0.3) is 0 Å². The summed E-state index contributed by atoms with van der Waals surface area (Å²) >= 11 is 0. The quantitative estimate of drug-likeness (QED) is 0.333. The molecule has 0 spiro atoms. The van der Waals surface area contributed by atoms with Gasteiger partial charge in [0.15, 0.2) is 24.7 Å². The summed E-state index contributed by atoms with van der Waals surface area (Å²) in [7, 11) is 1.27. The molecular weight excluding hydrogens is 483 g/mol. The van der Waals surface area contributed by atoms with Crippen LogP contribution in [0.25, 0.3) is 0 Å². The maximum Gasteiger partial charge on any atom is 0.338 e. The highest BCUT2D eigenvalue weighted by molar-refractivity contribution is 5.90. The van der Waals surface area contributed by atoms with Crippen LogP contribution in [-0.4, -0.2) is 62.4 Å². The number of hydrogen-bond donors (Lipinski definition) is 0. The van der Waals surface area contributed by atoms with Crippen molar-refractivity contribution >= 4 is 17.9 Å². The van der Waals surface area contributed by atoms with Gasteiger partial charge in [-0.1, -0.05) is 54.6 Å². The predicted molar refractivity (Wildman–Crippen MR) is 129 cm³/mol. The van der Waals surface area contributed by atoms with Crippen molar-refractivity contribution in [1.29, 1.82) is 0 Å². The highest BCUT2D eigenvalue weighted by Gasteiger charge is 2.51. The molecule has 0 radical (unpaired) electrons. The van der Waals surface area contributed by atoms with E-state index in [1.807, 2.05) is 0 Å². The van der Waals surface area contributed by atoms with Crippen LogP contribution in [0.15, 0.2) is 91.0 Å². The number of methoxy groups -OCH3 is 1. The van der Waals surface area contributed by atoms with Crippen molar-refractivity contribution in [2.45, 2.75) is 30.8 Å². The molecule has 1 aliphatic rings. The van der Waals surface area contributed by atoms with E-state index in [0.717, 1.165) is 0 Å². The fourth-order valence-electron chi connectivity index (χ4n) is 3.80. The smallest absolute Gasteiger partial charge is 0.338 e. The standard InChI is InChI=1S/C28H25FO8/c1-33-28-24(37-27(32)20-15-9-4-10-16-20)23(36-26(31)19-13-7-3-8-14-19)22(29)21(35-28)17-34-25(30)18-11-5-2-6-12-18/h2-16,21-24,28H,17H2,1H3. The zero-order valence-corrected chi connectivity index (χ0v) is 19.9. The third-order valence-electron chi connectivity index (χ3n) is 5.70. The van der Waals surface area contributed by atoms with Gasteiger partial charge in [-0.05, 0) is 36.4 Å². The number of rotatable bonds is 8. The topological polar surface area (TPSA) is 97.4 Å². The Morgan fingerprint density at radius 2 is 1.14 bits per heavy atom. The average Bonchev–Trinajstić information content (AvgIpc) is 2.95. The number of alkyl halides is 1. The van der Waals surface area contributed by atoms with E-state index in [4.69, 9.17) is 23.7 Å². The fraction of sp³-hybridized carbons (Fsp3) is 0.250. The van der Waals surface area contributed by atoms with Crippen LogP contribution in [0, 0.1) is 0 Å². The van der Waals surface area contributed by atoms with E-state index in [1.54, 1.807) is 66.7 Å². The second-order valence-corrected chi connectivity index (χ2v) is 8.16. The highest BCUT2D eigenvalue weighted by atomic mass is 19.1. The average molecular weight is 508 g/mol. The summed E-state index contributed by atoms with van der Waals surface area (Å²) in [5.74, 6) is -2.29. The van der Waals surface area contributed by atoms with Gasteiger partial charge >= 0.3 is 17.9 Å². The Morgan fingerprint density at radius 3 is 1.59 bits per heavy atom. The van der Waals surface area contributed by atoms with Crippen LogP contribution in [0.3, 0.4) is 0 Å². The second-order valence-electron chi connectivity index (χ2n) is 8.16. The van der Waals surface area contributed by atoms with Crippen molar-refractivity contribution in [3.8, 4) is 0 Å². The summed E-state index contributed by atoms with van der Waals surface area (Å²) in [6.45, 7) is -0.493. The van der Waals surface area contributed by atoms with Crippen LogP contribution >= 0.6 is 0 Å². The maximum atomic E-state index is 15.8. The van der Waals surface area contributed by atoms with Gasteiger partial charge in [-0.2, -0.15) is 0 Å². The van der Waals surface area contributed by atoms with Gasteiger partial charge in [-0.25, -0.2) is 18.8 Å². The Labute approximate surface area is 212 Å². The van der Waals surface area contributed by atoms with E-state index >= 15 is 4.39 Å². The largest absolute Gasteiger partial charge is 0.459 e. The Balaban J connectivity index is 1.55. The zero-order valence-electron chi connectivity index (χ0n) is 19.9. The molecule has 192 valence electrons. The first-order valence-electron chi connectivity index (χ1n) is 11.5. The summed E-state index contributed by atoms with van der Waals surface area (Å²) < 4.78 is 43.1. The molecule has 1 fully saturated rings. The molecule has 0 amide bonds. The van der Waals surface area contributed by atoms with E-state index in [1.165, 1.54) is 31.4 Å². The maximum absolute atomic E-state index is 15.8. The third-order valence-corrected chi connectivity index (χ3v) is 5.70. The molecule has 8 nitrogen and oxygen atoms in total. The molecule has 1 aliphatic heterocycles. The molecule has 0 aliphatic carbocycles. The highest BCUT2D eigenvalue weighted by Crippen LogP contribution is 2.30. The van der Waals surface area contributed by atoms with Gasteiger partial charge < -0.3 is 23.7 Å². The third kappa shape index (κ3) is 6.38. The normalized spacial score (nSPS) is 23.0. The van der Waals surface area contributed by atoms with Gasteiger partial charge in [0.2, 0.25) is 0 Å². The van der Waals surface area contributed by atoms with Gasteiger partial charge in [0, 0.05) is 7.11 Å². The van der Waals surface area contributed by atoms with Crippen molar-refractivity contribution < 1.29 is 42.5 Å². The van der Waals surface area contributed by atoms with Gasteiger partial charge in [-0.3, -0.25) is 0 Å². The summed E-state index contributed by atoms with van der Waals surface area (Å²) in [4.78, 5) is 38.0. The lowest BCUT2D eigenvalue weighted by Gasteiger charge is -2.41. The summed E-state index contributed by atoms with van der Waals surface area (Å²) in [5.41, 5.74) is 0.661. The predicted octanol–water partition coefficient (Wildman–Crippen LogP) is 4.00. The molecule has 0 saturated carbocycles. The SMILES string of the molecule is COC1OC(COC(=O)c2ccccc2)C(F)C(OC(=O)c2ccccc2)C1OC(=O)c1ccccc1. The minimum atomic E-state index is -2.02. The van der Waals surface area contributed by atoms with Crippen molar-refractivity contribution in [2.24, 2.45) is 0 Å². The summed E-state index contributed by atoms with van der Waals surface area (Å²) in [5, 5.41) is 0. The van der Waals surface area contributed by atoms with Crippen molar-refractivity contribution in [2.75, 3.05) is 13.7 Å². The molecule has 9 heteroatoms. The molecule has 5 unspecified atom stereocenters. The van der Waals surface area contributed by atoms with E-state index < -0.39 is 55.3 Å². The van der Waals surface area contributed by atoms with Crippen LogP contribution in [0.5, 0.6) is 0 Å². The number of ether oxygens (including phenoxy) is 5. The first kappa shape index (κ1) is 26.0. The van der Waals surface area contributed by atoms with Gasteiger partial charge in [-0.15, -0.1) is 0 Å². The lowest BCUT2D eigenvalue weighted by atomic mass is 9.99. The van der Waals surface area contributed by atoms with E-state index in [2.05, 4.69) is 0 Å². The second kappa shape index (κ2) is 12.2. The molecule has 5 atom stereocenters. The minimum absolute atomic E-state index is 0.176. The Bertz CT molecular complexity index is 1190. The number of carbonyl (C=O) groups excluding carboxylic acids is 3. The van der Waals surface area contributed by atoms with Crippen LogP contribution in [0.1, 0.15) is 31.1 Å². The minimum Gasteiger partial charge on any atom is -0.459 e. The van der Waals surface area contributed by atoms with Gasteiger partial charge in [0.05, 0.1) is 16.7 Å². The number of hydrogen-bond acceptors (Lipinski definition) is 8. The van der Waals surface area contributed by atoms with Crippen LogP contribution in [0.4, 0.5) is 4.39 Å². The number of halogens is 1. The summed E-state index contributed by atoms with van der Waals surface area (Å²) in [6.07, 6.45) is -7.75. The molecule has 37 heavy (non-hydrogen) atoms. The molecule has 1 heterocycles. The van der Waals surface area contributed by atoms with Gasteiger partial charge in [0.1, 0.15) is 12.7 Å². The number of esters is 3. The lowest BCUT2D eigenvalue weighted by molar-refractivity contribution is -0.282. The molecular formula is C28H25FO8. The van der Waals surface area contributed by atoms with Crippen LogP contribution in [-0.2, 0) is 23.7 Å². The monoisotopic (exact) mass is 508 g/mol. The Morgan fingerprint density at radius 1 is 0.703 bits per heavy atom. The zero-order chi connectivity index (χ0) is 26.2. The number of benzene rings is 3. The van der Waals surface area contributed by atoms with E-state index in [0.29, 0.717) is 0 Å². The molecule has 3 aromatic carbocycles. The summed E-state index contributed by atoms with van der Waals surface area (Å²) in [6, 6.07) is 24.2. The number of carbonyl (C=O) groups is 3. The lowest BCUT2D eigenvalue weighted by Crippen LogP contribution is -2.60. The molecule has 1 saturated heterocycles. The van der Waals surface area contributed by atoms with Crippen molar-refractivity contribution in [3.05, 3.63) is 108 Å². The molecule has 0 bridgehead atoms. The van der Waals surface area contributed by atoms with E-state index in [9.17, 15) is 14.4 Å². The molecule has 0 aromatic heterocycles. The molecule has 4 rings (SSSR count). The van der Waals surface area contributed by atoms with Crippen molar-refractivity contribution in [1.82, 2.24) is 0 Å². The fourth-order valence-corrected chi connectivity index (χ4v) is 3.80. The van der Waals surface area contributed by atoms with Crippen LogP contribution < -0.4 is 0 Å². The molecule has 3 aromatic rings. The van der Waals surface area contributed by atoms with Crippen molar-refractivity contribution in [3.63, 3.8) is 0 Å². The van der Waals surface area contributed by atoms with E-state index in [-0.39, 0.29) is 16.7 Å². The Kier molecular flexibility index (Phi) is 8.60. The first-order valence-corrected chi connectivity index (χ1v) is 11.5. The Hall–Kier alpha value is -4.08. The first-order chi connectivity index (χ1) is 18.0. The van der Waals surface area contributed by atoms with Crippen LogP contribution in [0.2, 0.25) is 0 Å².